The molecule has 0 bridgehead atoms. The molecule has 2 heterocycles. The molecule has 1 aliphatic rings. The number of carboxylic acid groups (broad SMARTS) is 2. The van der Waals surface area contributed by atoms with Crippen molar-refractivity contribution < 1.29 is 43.9 Å². The summed E-state index contributed by atoms with van der Waals surface area (Å²) >= 11 is 0. The molecule has 0 saturated carbocycles. The molecular formula is C23H25N3O9. The van der Waals surface area contributed by atoms with Crippen LogP contribution in [0.25, 0.3) is 11.3 Å². The molecule has 12 heteroatoms. The largest absolute Gasteiger partial charge is 0.504 e. The van der Waals surface area contributed by atoms with Gasteiger partial charge in [0.15, 0.2) is 23.0 Å². The topological polar surface area (TPSA) is 162 Å². The summed E-state index contributed by atoms with van der Waals surface area (Å²) in [5, 5.41) is 28.4. The second kappa shape index (κ2) is 11.6. The van der Waals surface area contributed by atoms with Crippen LogP contribution in [0, 0.1) is 0 Å². The number of carboxylic acids is 2. The third kappa shape index (κ3) is 6.12. The Morgan fingerprint density at radius 3 is 2.54 bits per heavy atom. The highest BCUT2D eigenvalue weighted by atomic mass is 16.7. The van der Waals surface area contributed by atoms with Gasteiger partial charge in [-0.2, -0.15) is 0 Å². The van der Waals surface area contributed by atoms with Gasteiger partial charge < -0.3 is 44.2 Å². The van der Waals surface area contributed by atoms with E-state index in [2.05, 4.69) is 10.3 Å². The van der Waals surface area contributed by atoms with Gasteiger partial charge in [-0.3, -0.25) is 0 Å². The fourth-order valence-electron chi connectivity index (χ4n) is 3.26. The van der Waals surface area contributed by atoms with Crippen LogP contribution < -0.4 is 19.5 Å². The highest BCUT2D eigenvalue weighted by molar-refractivity contribution is 6.27. The summed E-state index contributed by atoms with van der Waals surface area (Å²) in [6, 6.07) is 11.2. The van der Waals surface area contributed by atoms with E-state index in [4.69, 9.17) is 38.7 Å². The number of phenols is 1. The number of hydrogen-bond donors (Lipinski definition) is 4. The van der Waals surface area contributed by atoms with Gasteiger partial charge in [-0.15, -0.1) is 0 Å². The second-order valence-corrected chi connectivity index (χ2v) is 7.11. The molecule has 186 valence electrons. The Kier molecular flexibility index (Phi) is 8.35. The van der Waals surface area contributed by atoms with Crippen LogP contribution in [0.4, 0.5) is 5.95 Å². The Morgan fingerprint density at radius 1 is 1.11 bits per heavy atom. The quantitative estimate of drug-likeness (QED) is 0.345. The standard InChI is InChI=1S/C21H23N3O5.C2H2O4/c1-26-9-8-24-16(14-6-7-17-19(10-14)29-13-28-17)12-23-21(24)22-11-15-4-3-5-18(27-2)20(15)25;3-1(4)2(5)6/h3-7,10,12,25H,8-9,11,13H2,1-2H3,(H,22,23);(H,3,4)(H,5,6). The van der Waals surface area contributed by atoms with Crippen molar-refractivity contribution in [1.82, 2.24) is 9.55 Å². The summed E-state index contributed by atoms with van der Waals surface area (Å²) in [6.45, 7) is 1.78. The number of ether oxygens (including phenoxy) is 4. The van der Waals surface area contributed by atoms with Gasteiger partial charge in [0.2, 0.25) is 12.7 Å². The first-order chi connectivity index (χ1) is 16.8. The molecule has 0 fully saturated rings. The normalized spacial score (nSPS) is 11.4. The highest BCUT2D eigenvalue weighted by Crippen LogP contribution is 2.36. The van der Waals surface area contributed by atoms with Crippen LogP contribution in [0.5, 0.6) is 23.0 Å². The zero-order valence-electron chi connectivity index (χ0n) is 19.1. The lowest BCUT2D eigenvalue weighted by molar-refractivity contribution is -0.159. The lowest BCUT2D eigenvalue weighted by Crippen LogP contribution is -2.12. The van der Waals surface area contributed by atoms with Gasteiger partial charge in [0.25, 0.3) is 0 Å². The first-order valence-electron chi connectivity index (χ1n) is 10.3. The predicted molar refractivity (Wildman–Crippen MR) is 123 cm³/mol. The molecule has 0 radical (unpaired) electrons. The van der Waals surface area contributed by atoms with E-state index in [9.17, 15) is 5.11 Å². The number of methoxy groups -OCH3 is 2. The molecule has 35 heavy (non-hydrogen) atoms. The maximum Gasteiger partial charge on any atom is 0.414 e. The van der Waals surface area contributed by atoms with Gasteiger partial charge in [-0.1, -0.05) is 12.1 Å². The zero-order valence-corrected chi connectivity index (χ0v) is 19.1. The number of nitrogens with zero attached hydrogens (tertiary/aromatic N) is 2. The van der Waals surface area contributed by atoms with Gasteiger partial charge in [0.1, 0.15) is 0 Å². The Balaban J connectivity index is 0.000000509. The van der Waals surface area contributed by atoms with E-state index in [1.54, 1.807) is 19.4 Å². The van der Waals surface area contributed by atoms with Crippen molar-refractivity contribution in [3.63, 3.8) is 0 Å². The Hall–Kier alpha value is -4.45. The molecule has 0 saturated heterocycles. The van der Waals surface area contributed by atoms with E-state index in [1.165, 1.54) is 7.11 Å². The zero-order chi connectivity index (χ0) is 25.4. The highest BCUT2D eigenvalue weighted by Gasteiger charge is 2.18. The van der Waals surface area contributed by atoms with Crippen LogP contribution in [0.3, 0.4) is 0 Å². The van der Waals surface area contributed by atoms with E-state index < -0.39 is 11.9 Å². The number of aromatic hydroxyl groups is 1. The van der Waals surface area contributed by atoms with Crippen molar-refractivity contribution in [2.24, 2.45) is 0 Å². The fraction of sp³-hybridized carbons (Fsp3) is 0.261. The summed E-state index contributed by atoms with van der Waals surface area (Å²) in [7, 11) is 3.19. The van der Waals surface area contributed by atoms with Crippen molar-refractivity contribution in [3.05, 3.63) is 48.2 Å². The number of aromatic nitrogens is 2. The summed E-state index contributed by atoms with van der Waals surface area (Å²) < 4.78 is 23.4. The molecule has 3 aromatic rings. The molecule has 0 aliphatic carbocycles. The van der Waals surface area contributed by atoms with Crippen molar-refractivity contribution >= 4 is 17.9 Å². The fourth-order valence-corrected chi connectivity index (χ4v) is 3.26. The smallest absolute Gasteiger partial charge is 0.414 e. The lowest BCUT2D eigenvalue weighted by Gasteiger charge is -2.14. The van der Waals surface area contributed by atoms with E-state index in [0.717, 1.165) is 28.3 Å². The lowest BCUT2D eigenvalue weighted by atomic mass is 10.1. The third-order valence-corrected chi connectivity index (χ3v) is 4.97. The van der Waals surface area contributed by atoms with E-state index in [1.807, 2.05) is 34.9 Å². The first kappa shape index (κ1) is 25.2. The van der Waals surface area contributed by atoms with Crippen LogP contribution in [0.15, 0.2) is 42.6 Å². The molecule has 0 atom stereocenters. The SMILES string of the molecule is COCCn1c(-c2ccc3c(c2)OCO3)cnc1NCc1cccc(OC)c1O.O=C(O)C(=O)O. The Labute approximate surface area is 200 Å². The van der Waals surface area contributed by atoms with Crippen LogP contribution in [0.1, 0.15) is 5.56 Å². The summed E-state index contributed by atoms with van der Waals surface area (Å²) in [6.07, 6.45) is 1.81. The number of para-hydroxylation sites is 1. The van der Waals surface area contributed by atoms with E-state index in [-0.39, 0.29) is 12.5 Å². The molecule has 1 aromatic heterocycles. The average Bonchev–Trinajstić information content (AvgIpc) is 3.48. The number of rotatable bonds is 8. The summed E-state index contributed by atoms with van der Waals surface area (Å²) in [5.41, 5.74) is 2.61. The molecule has 12 nitrogen and oxygen atoms in total. The van der Waals surface area contributed by atoms with Gasteiger partial charge in [0.05, 0.1) is 25.6 Å². The average molecular weight is 487 g/mol. The summed E-state index contributed by atoms with van der Waals surface area (Å²) in [4.78, 5) is 22.7. The van der Waals surface area contributed by atoms with Crippen molar-refractivity contribution in [2.45, 2.75) is 13.1 Å². The minimum absolute atomic E-state index is 0.119. The molecule has 4 N–H and O–H groups in total. The molecule has 0 spiro atoms. The van der Waals surface area contributed by atoms with Crippen molar-refractivity contribution in [3.8, 4) is 34.3 Å². The molecule has 1 aliphatic heterocycles. The summed E-state index contributed by atoms with van der Waals surface area (Å²) in [5.74, 6) is -0.954. The first-order valence-corrected chi connectivity index (χ1v) is 10.3. The van der Waals surface area contributed by atoms with Crippen LogP contribution in [-0.4, -0.2) is 64.4 Å². The van der Waals surface area contributed by atoms with Gasteiger partial charge >= 0.3 is 11.9 Å². The number of carbonyl (C=O) groups is 2. The minimum atomic E-state index is -1.82. The number of fused-ring (bicyclic) bond motifs is 1. The molecular weight excluding hydrogens is 462 g/mol. The minimum Gasteiger partial charge on any atom is -0.504 e. The van der Waals surface area contributed by atoms with E-state index in [0.29, 0.717) is 31.4 Å². The number of aliphatic carboxylic acids is 2. The van der Waals surface area contributed by atoms with E-state index >= 15 is 0 Å². The monoisotopic (exact) mass is 487 g/mol. The van der Waals surface area contributed by atoms with Crippen molar-refractivity contribution in [2.75, 3.05) is 32.9 Å². The van der Waals surface area contributed by atoms with Gasteiger partial charge in [0, 0.05) is 31.3 Å². The van der Waals surface area contributed by atoms with Crippen LogP contribution >= 0.6 is 0 Å². The Bertz CT molecular complexity index is 1180. The predicted octanol–water partition coefficient (Wildman–Crippen LogP) is 2.41. The van der Waals surface area contributed by atoms with Gasteiger partial charge in [-0.25, -0.2) is 14.6 Å². The molecule has 2 aromatic carbocycles. The number of phenolic OH excluding ortho intramolecular Hbond substituents is 1. The second-order valence-electron chi connectivity index (χ2n) is 7.11. The van der Waals surface area contributed by atoms with Crippen LogP contribution in [0.2, 0.25) is 0 Å². The number of nitrogens with one attached hydrogen (secondary N) is 1. The number of anilines is 1. The molecule has 4 rings (SSSR count). The maximum absolute atomic E-state index is 10.3. The van der Waals surface area contributed by atoms with Crippen LogP contribution in [-0.2, 0) is 27.4 Å². The number of benzene rings is 2. The van der Waals surface area contributed by atoms with Crippen molar-refractivity contribution in [1.29, 1.82) is 0 Å². The van der Waals surface area contributed by atoms with Gasteiger partial charge in [-0.05, 0) is 24.3 Å². The maximum atomic E-state index is 10.3. The third-order valence-electron chi connectivity index (χ3n) is 4.97. The number of imidazole rings is 1. The number of hydrogen-bond acceptors (Lipinski definition) is 9. The molecule has 0 amide bonds. The molecule has 0 unspecified atom stereocenters. The Morgan fingerprint density at radius 2 is 1.86 bits per heavy atom.